The molecule has 2 aliphatic rings. The predicted molar refractivity (Wildman–Crippen MR) is 77.6 cm³/mol. The first kappa shape index (κ1) is 13.8. The van der Waals surface area contributed by atoms with Crippen molar-refractivity contribution >= 4 is 17.6 Å². The van der Waals surface area contributed by atoms with Crippen molar-refractivity contribution in [2.24, 2.45) is 23.7 Å². The number of fused-ring (bicyclic) bond motifs is 2. The maximum Gasteiger partial charge on any atom is 0.307 e. The van der Waals surface area contributed by atoms with Crippen LogP contribution in [0.2, 0.25) is 0 Å². The van der Waals surface area contributed by atoms with Crippen LogP contribution in [-0.4, -0.2) is 28.5 Å². The molecule has 1 heterocycles. The van der Waals surface area contributed by atoms with Crippen LogP contribution in [0.1, 0.15) is 13.3 Å². The van der Waals surface area contributed by atoms with Gasteiger partial charge in [0.05, 0.1) is 11.8 Å². The summed E-state index contributed by atoms with van der Waals surface area (Å²) in [5.41, 5.74) is 0.772. The van der Waals surface area contributed by atoms with Gasteiger partial charge in [0.2, 0.25) is 5.91 Å². The third kappa shape index (κ3) is 2.22. The van der Waals surface area contributed by atoms with Crippen molar-refractivity contribution in [1.29, 1.82) is 0 Å². The van der Waals surface area contributed by atoms with Crippen molar-refractivity contribution in [2.45, 2.75) is 13.3 Å². The maximum absolute atomic E-state index is 12.9. The molecule has 2 aliphatic carbocycles. The highest BCUT2D eigenvalue weighted by Gasteiger charge is 2.52. The molecule has 1 aromatic rings. The Morgan fingerprint density at radius 1 is 1.24 bits per heavy atom. The summed E-state index contributed by atoms with van der Waals surface area (Å²) in [6.45, 7) is 2.42. The summed E-state index contributed by atoms with van der Waals surface area (Å²) < 4.78 is 0. The Balaban J connectivity index is 1.90. The van der Waals surface area contributed by atoms with Crippen LogP contribution < -0.4 is 4.90 Å². The van der Waals surface area contributed by atoms with Crippen molar-refractivity contribution < 1.29 is 14.7 Å². The van der Waals surface area contributed by atoms with Gasteiger partial charge >= 0.3 is 5.97 Å². The van der Waals surface area contributed by atoms with E-state index in [9.17, 15) is 14.7 Å². The van der Waals surface area contributed by atoms with Gasteiger partial charge in [-0.2, -0.15) is 0 Å². The number of amides is 1. The lowest BCUT2D eigenvalue weighted by molar-refractivity contribution is -0.147. The van der Waals surface area contributed by atoms with E-state index in [0.29, 0.717) is 6.54 Å². The second-order valence-electron chi connectivity index (χ2n) is 5.63. The number of aromatic nitrogens is 1. The number of carboxylic acids is 1. The normalized spacial score (nSPS) is 29.6. The molecule has 1 amide bonds. The van der Waals surface area contributed by atoms with Crippen LogP contribution in [0, 0.1) is 23.7 Å². The lowest BCUT2D eigenvalue weighted by Gasteiger charge is -2.30. The molecule has 0 spiro atoms. The minimum atomic E-state index is -0.865. The summed E-state index contributed by atoms with van der Waals surface area (Å²) in [7, 11) is 0. The number of hydrogen-bond acceptors (Lipinski definition) is 3. The summed E-state index contributed by atoms with van der Waals surface area (Å²) >= 11 is 0. The van der Waals surface area contributed by atoms with Crippen molar-refractivity contribution in [1.82, 2.24) is 4.98 Å². The predicted octanol–water partition coefficient (Wildman–Crippen LogP) is 1.96. The third-order valence-corrected chi connectivity index (χ3v) is 4.59. The van der Waals surface area contributed by atoms with Gasteiger partial charge in [0.1, 0.15) is 0 Å². The average molecular weight is 286 g/mol. The Kier molecular flexibility index (Phi) is 3.49. The molecular weight excluding hydrogens is 268 g/mol. The summed E-state index contributed by atoms with van der Waals surface area (Å²) in [6.07, 6.45) is 8.02. The van der Waals surface area contributed by atoms with E-state index in [1.165, 1.54) is 0 Å². The van der Waals surface area contributed by atoms with Gasteiger partial charge in [0, 0.05) is 24.6 Å². The molecule has 110 valence electrons. The van der Waals surface area contributed by atoms with Crippen LogP contribution in [0.4, 0.5) is 5.69 Å². The van der Waals surface area contributed by atoms with Crippen molar-refractivity contribution in [3.05, 3.63) is 36.7 Å². The van der Waals surface area contributed by atoms with E-state index in [-0.39, 0.29) is 17.7 Å². The zero-order valence-electron chi connectivity index (χ0n) is 11.8. The van der Waals surface area contributed by atoms with Gasteiger partial charge in [-0.25, -0.2) is 0 Å². The van der Waals surface area contributed by atoms with Crippen LogP contribution >= 0.6 is 0 Å². The molecule has 0 aliphatic heterocycles. The second kappa shape index (κ2) is 5.31. The Labute approximate surface area is 123 Å². The summed E-state index contributed by atoms with van der Waals surface area (Å²) in [5.74, 6) is -1.95. The molecule has 1 saturated carbocycles. The smallest absolute Gasteiger partial charge is 0.307 e. The molecule has 0 saturated heterocycles. The van der Waals surface area contributed by atoms with E-state index >= 15 is 0 Å². The first-order valence-corrected chi connectivity index (χ1v) is 7.26. The molecule has 3 rings (SSSR count). The first-order chi connectivity index (χ1) is 10.1. The van der Waals surface area contributed by atoms with Gasteiger partial charge in [-0.05, 0) is 37.3 Å². The Hall–Kier alpha value is -2.17. The van der Waals surface area contributed by atoms with Gasteiger partial charge in [0.25, 0.3) is 0 Å². The molecule has 5 heteroatoms. The number of allylic oxidation sites excluding steroid dienone is 2. The number of pyridine rings is 1. The Bertz CT molecular complexity index is 584. The number of carbonyl (C=O) groups excluding carboxylic acids is 1. The number of anilines is 1. The lowest BCUT2D eigenvalue weighted by atomic mass is 9.82. The zero-order valence-corrected chi connectivity index (χ0v) is 11.8. The highest BCUT2D eigenvalue weighted by atomic mass is 16.4. The van der Waals surface area contributed by atoms with Gasteiger partial charge in [-0.1, -0.05) is 12.2 Å². The van der Waals surface area contributed by atoms with Crippen LogP contribution in [0.15, 0.2) is 36.7 Å². The molecule has 0 aromatic carbocycles. The van der Waals surface area contributed by atoms with E-state index in [2.05, 4.69) is 4.98 Å². The van der Waals surface area contributed by atoms with E-state index in [4.69, 9.17) is 0 Å². The summed E-state index contributed by atoms with van der Waals surface area (Å²) in [6, 6.07) is 3.56. The zero-order chi connectivity index (χ0) is 15.0. The molecule has 21 heavy (non-hydrogen) atoms. The lowest BCUT2D eigenvalue weighted by Crippen LogP contribution is -2.43. The van der Waals surface area contributed by atoms with Gasteiger partial charge in [-0.15, -0.1) is 0 Å². The summed E-state index contributed by atoms with van der Waals surface area (Å²) in [5, 5.41) is 9.47. The second-order valence-corrected chi connectivity index (χ2v) is 5.63. The van der Waals surface area contributed by atoms with Crippen molar-refractivity contribution in [2.75, 3.05) is 11.4 Å². The van der Waals surface area contributed by atoms with Crippen molar-refractivity contribution in [3.63, 3.8) is 0 Å². The number of hydrogen-bond donors (Lipinski definition) is 1. The number of rotatable bonds is 4. The molecular formula is C16H18N2O3. The first-order valence-electron chi connectivity index (χ1n) is 7.26. The van der Waals surface area contributed by atoms with E-state index in [1.54, 1.807) is 29.4 Å². The highest BCUT2D eigenvalue weighted by molar-refractivity contribution is 5.98. The van der Waals surface area contributed by atoms with E-state index in [0.717, 1.165) is 12.1 Å². The molecule has 4 unspecified atom stereocenters. The van der Waals surface area contributed by atoms with Crippen LogP contribution in [0.25, 0.3) is 0 Å². The molecule has 0 radical (unpaired) electrons. The van der Waals surface area contributed by atoms with Crippen molar-refractivity contribution in [3.8, 4) is 0 Å². The standard InChI is InChI=1S/C16H18N2O3/c1-2-18(12-5-7-17-8-6-12)15(19)13-10-3-4-11(9-10)14(13)16(20)21/h3-8,10-11,13-14H,2,9H2,1H3,(H,20,21). The fraction of sp³-hybridized carbons (Fsp3) is 0.438. The van der Waals surface area contributed by atoms with Gasteiger partial charge in [0.15, 0.2) is 0 Å². The minimum absolute atomic E-state index is 0.00223. The average Bonchev–Trinajstić information content (AvgIpc) is 3.09. The minimum Gasteiger partial charge on any atom is -0.481 e. The van der Waals surface area contributed by atoms with Gasteiger partial charge < -0.3 is 10.0 Å². The SMILES string of the molecule is CCN(C(=O)C1C2C=CC(C2)C1C(=O)O)c1ccncc1. The van der Waals surface area contributed by atoms with Crippen LogP contribution in [0.3, 0.4) is 0 Å². The number of aliphatic carboxylic acids is 1. The fourth-order valence-electron chi connectivity index (χ4n) is 3.67. The third-order valence-electron chi connectivity index (χ3n) is 4.59. The highest BCUT2D eigenvalue weighted by Crippen LogP contribution is 2.49. The number of carbonyl (C=O) groups is 2. The number of carboxylic acid groups (broad SMARTS) is 1. The van der Waals surface area contributed by atoms with Crippen LogP contribution in [-0.2, 0) is 9.59 Å². The number of nitrogens with zero attached hydrogens (tertiary/aromatic N) is 2. The Morgan fingerprint density at radius 3 is 2.43 bits per heavy atom. The van der Waals surface area contributed by atoms with E-state index < -0.39 is 17.8 Å². The van der Waals surface area contributed by atoms with Gasteiger partial charge in [-0.3, -0.25) is 14.6 Å². The van der Waals surface area contributed by atoms with E-state index in [1.807, 2.05) is 19.1 Å². The maximum atomic E-state index is 12.9. The molecule has 4 atom stereocenters. The monoisotopic (exact) mass is 286 g/mol. The topological polar surface area (TPSA) is 70.5 Å². The van der Waals surface area contributed by atoms with Crippen LogP contribution in [0.5, 0.6) is 0 Å². The largest absolute Gasteiger partial charge is 0.481 e. The quantitative estimate of drug-likeness (QED) is 0.859. The molecule has 5 nitrogen and oxygen atoms in total. The molecule has 1 aromatic heterocycles. The Morgan fingerprint density at radius 2 is 1.86 bits per heavy atom. The molecule has 1 fully saturated rings. The fourth-order valence-corrected chi connectivity index (χ4v) is 3.67. The molecule has 1 N–H and O–H groups in total. The summed E-state index contributed by atoms with van der Waals surface area (Å²) in [4.78, 5) is 30.0. The molecule has 2 bridgehead atoms.